The van der Waals surface area contributed by atoms with Crippen molar-refractivity contribution in [2.45, 2.75) is 84.2 Å². The quantitative estimate of drug-likeness (QED) is 0.627. The normalized spacial score (nSPS) is 47.7. The van der Waals surface area contributed by atoms with E-state index in [1.54, 1.807) is 5.57 Å². The van der Waals surface area contributed by atoms with Crippen LogP contribution in [0.5, 0.6) is 0 Å². The van der Waals surface area contributed by atoms with E-state index in [9.17, 15) is 5.11 Å². The van der Waals surface area contributed by atoms with E-state index in [-0.39, 0.29) is 6.10 Å². The Kier molecular flexibility index (Phi) is 3.96. The average molecular weight is 372 g/mol. The van der Waals surface area contributed by atoms with Gasteiger partial charge in [-0.15, -0.1) is 11.3 Å². The fourth-order valence-electron chi connectivity index (χ4n) is 7.58. The van der Waals surface area contributed by atoms with Crippen molar-refractivity contribution in [2.75, 3.05) is 0 Å². The summed E-state index contributed by atoms with van der Waals surface area (Å²) in [7, 11) is 0. The van der Waals surface area contributed by atoms with Crippen LogP contribution in [0.2, 0.25) is 0 Å². The van der Waals surface area contributed by atoms with Crippen molar-refractivity contribution >= 4 is 11.3 Å². The van der Waals surface area contributed by atoms with E-state index >= 15 is 0 Å². The number of aliphatic hydroxyl groups is 1. The minimum absolute atomic E-state index is 0.0938. The maximum absolute atomic E-state index is 10.2. The van der Waals surface area contributed by atoms with Gasteiger partial charge < -0.3 is 5.11 Å². The average Bonchev–Trinajstić information content (AvgIpc) is 3.18. The number of thiazole rings is 1. The number of nitrogens with zero attached hydrogens (tertiary/aromatic N) is 1. The summed E-state index contributed by atoms with van der Waals surface area (Å²) in [6.45, 7) is 7.26. The molecule has 2 unspecified atom stereocenters. The van der Waals surface area contributed by atoms with E-state index in [0.29, 0.717) is 16.7 Å². The number of aromatic nitrogens is 1. The molecular formula is C23H33NOS. The predicted octanol–water partition coefficient (Wildman–Crippen LogP) is 5.86. The summed E-state index contributed by atoms with van der Waals surface area (Å²) in [4.78, 5) is 4.90. The molecule has 142 valence electrons. The molecule has 0 amide bonds. The molecule has 7 atom stereocenters. The molecule has 3 fully saturated rings. The number of aryl methyl sites for hydroxylation is 1. The molecule has 0 radical (unpaired) electrons. The van der Waals surface area contributed by atoms with Crippen molar-refractivity contribution < 1.29 is 5.11 Å². The Morgan fingerprint density at radius 3 is 2.73 bits per heavy atom. The van der Waals surface area contributed by atoms with Gasteiger partial charge in [-0.05, 0) is 86.9 Å². The second-order valence-electron chi connectivity index (χ2n) is 10.2. The third kappa shape index (κ3) is 2.35. The maximum atomic E-state index is 10.2. The SMILES string of the molecule is Cc1csc([C@H]2CCC3[C@@H]4CC=C5C[C@@H](O)CC[C@]5(C)C4CC[C@@]32C)n1. The molecule has 1 N–H and O–H groups in total. The van der Waals surface area contributed by atoms with E-state index in [1.807, 2.05) is 11.3 Å². The molecule has 5 rings (SSSR count). The van der Waals surface area contributed by atoms with Gasteiger partial charge in [0.2, 0.25) is 0 Å². The van der Waals surface area contributed by atoms with Crippen LogP contribution in [0.1, 0.15) is 81.8 Å². The summed E-state index contributed by atoms with van der Waals surface area (Å²) in [5.74, 6) is 3.23. The summed E-state index contributed by atoms with van der Waals surface area (Å²) in [5, 5.41) is 13.8. The molecule has 0 saturated heterocycles. The van der Waals surface area contributed by atoms with Crippen LogP contribution in [0, 0.1) is 35.5 Å². The Morgan fingerprint density at radius 1 is 1.12 bits per heavy atom. The highest BCUT2D eigenvalue weighted by molar-refractivity contribution is 7.09. The summed E-state index contributed by atoms with van der Waals surface area (Å²) in [5.41, 5.74) is 3.59. The van der Waals surface area contributed by atoms with Gasteiger partial charge in [0.25, 0.3) is 0 Å². The van der Waals surface area contributed by atoms with E-state index < -0.39 is 0 Å². The van der Waals surface area contributed by atoms with Gasteiger partial charge in [-0.25, -0.2) is 4.98 Å². The van der Waals surface area contributed by atoms with Crippen LogP contribution in [0.3, 0.4) is 0 Å². The molecule has 3 saturated carbocycles. The first kappa shape index (κ1) is 17.4. The standard InChI is InChI=1S/C23H33NOS/c1-14-13-26-21(24-14)20-7-6-18-17-5-4-15-12-16(25)8-10-22(15,2)19(17)9-11-23(18,20)3/h4,13,16-20,25H,5-12H2,1-3H3/t16-,17-,18?,19?,20+,22-,23-/m0/s1. The smallest absolute Gasteiger partial charge is 0.0964 e. The first-order valence-electron chi connectivity index (χ1n) is 10.7. The minimum Gasteiger partial charge on any atom is -0.393 e. The molecule has 1 aromatic rings. The molecule has 0 bridgehead atoms. The van der Waals surface area contributed by atoms with Gasteiger partial charge in [-0.1, -0.05) is 25.5 Å². The Bertz CT molecular complexity index is 738. The molecule has 4 aliphatic rings. The lowest BCUT2D eigenvalue weighted by Gasteiger charge is -2.58. The van der Waals surface area contributed by atoms with Gasteiger partial charge in [0, 0.05) is 17.0 Å². The Balaban J connectivity index is 1.46. The molecule has 1 heterocycles. The Labute approximate surface area is 162 Å². The Hall–Kier alpha value is -0.670. The molecule has 0 aromatic carbocycles. The van der Waals surface area contributed by atoms with Crippen LogP contribution in [-0.2, 0) is 0 Å². The molecule has 4 aliphatic carbocycles. The molecule has 0 aliphatic heterocycles. The van der Waals surface area contributed by atoms with Gasteiger partial charge in [-0.3, -0.25) is 0 Å². The van der Waals surface area contributed by atoms with Gasteiger partial charge in [-0.2, -0.15) is 0 Å². The van der Waals surface area contributed by atoms with Crippen molar-refractivity contribution in [1.29, 1.82) is 0 Å². The van der Waals surface area contributed by atoms with Crippen LogP contribution in [0.4, 0.5) is 0 Å². The first-order valence-corrected chi connectivity index (χ1v) is 11.6. The summed E-state index contributed by atoms with van der Waals surface area (Å²) in [6.07, 6.45) is 12.3. The van der Waals surface area contributed by atoms with Crippen LogP contribution < -0.4 is 0 Å². The lowest BCUT2D eigenvalue weighted by atomic mass is 9.47. The van der Waals surface area contributed by atoms with Crippen molar-refractivity contribution in [3.63, 3.8) is 0 Å². The number of rotatable bonds is 1. The third-order valence-electron chi connectivity index (χ3n) is 9.01. The molecule has 0 spiro atoms. The fraction of sp³-hybridized carbons (Fsp3) is 0.783. The van der Waals surface area contributed by atoms with E-state index in [1.165, 1.54) is 49.2 Å². The highest BCUT2D eigenvalue weighted by Crippen LogP contribution is 2.68. The maximum Gasteiger partial charge on any atom is 0.0964 e. The molecule has 26 heavy (non-hydrogen) atoms. The molecule has 2 nitrogen and oxygen atoms in total. The monoisotopic (exact) mass is 371 g/mol. The number of hydrogen-bond acceptors (Lipinski definition) is 3. The van der Waals surface area contributed by atoms with Gasteiger partial charge in [0.15, 0.2) is 0 Å². The van der Waals surface area contributed by atoms with Crippen molar-refractivity contribution in [1.82, 2.24) is 4.98 Å². The summed E-state index contributed by atoms with van der Waals surface area (Å²) in [6, 6.07) is 0. The zero-order valence-electron chi connectivity index (χ0n) is 16.5. The van der Waals surface area contributed by atoms with Gasteiger partial charge in [0.05, 0.1) is 11.1 Å². The lowest BCUT2D eigenvalue weighted by molar-refractivity contribution is -0.0409. The van der Waals surface area contributed by atoms with Crippen molar-refractivity contribution in [3.05, 3.63) is 27.7 Å². The highest BCUT2D eigenvalue weighted by atomic mass is 32.1. The van der Waals surface area contributed by atoms with Gasteiger partial charge >= 0.3 is 0 Å². The number of fused-ring (bicyclic) bond motifs is 5. The summed E-state index contributed by atoms with van der Waals surface area (Å²) < 4.78 is 0. The number of aliphatic hydroxyl groups excluding tert-OH is 1. The van der Waals surface area contributed by atoms with E-state index in [0.717, 1.165) is 30.6 Å². The predicted molar refractivity (Wildman–Crippen MR) is 107 cm³/mol. The largest absolute Gasteiger partial charge is 0.393 e. The van der Waals surface area contributed by atoms with Crippen LogP contribution >= 0.6 is 11.3 Å². The van der Waals surface area contributed by atoms with Crippen molar-refractivity contribution in [2.24, 2.45) is 28.6 Å². The van der Waals surface area contributed by atoms with E-state index in [2.05, 4.69) is 32.2 Å². The molecular weight excluding hydrogens is 338 g/mol. The zero-order chi connectivity index (χ0) is 18.1. The zero-order valence-corrected chi connectivity index (χ0v) is 17.3. The topological polar surface area (TPSA) is 33.1 Å². The first-order chi connectivity index (χ1) is 12.4. The second-order valence-corrected chi connectivity index (χ2v) is 11.0. The van der Waals surface area contributed by atoms with Crippen molar-refractivity contribution in [3.8, 4) is 0 Å². The fourth-order valence-corrected chi connectivity index (χ4v) is 8.67. The lowest BCUT2D eigenvalue weighted by Crippen LogP contribution is -2.50. The van der Waals surface area contributed by atoms with Crippen LogP contribution in [0.25, 0.3) is 0 Å². The highest BCUT2D eigenvalue weighted by Gasteiger charge is 2.59. The number of allylic oxidation sites excluding steroid dienone is 1. The second kappa shape index (κ2) is 5.91. The summed E-state index contributed by atoms with van der Waals surface area (Å²) >= 11 is 1.90. The van der Waals surface area contributed by atoms with Gasteiger partial charge in [0.1, 0.15) is 0 Å². The van der Waals surface area contributed by atoms with Crippen LogP contribution in [-0.4, -0.2) is 16.2 Å². The minimum atomic E-state index is -0.0938. The molecule has 3 heteroatoms. The number of hydrogen-bond donors (Lipinski definition) is 1. The Morgan fingerprint density at radius 2 is 1.96 bits per heavy atom. The van der Waals surface area contributed by atoms with Crippen LogP contribution in [0.15, 0.2) is 17.0 Å². The molecule has 1 aromatic heterocycles. The van der Waals surface area contributed by atoms with E-state index in [4.69, 9.17) is 4.98 Å². The third-order valence-corrected chi connectivity index (χ3v) is 10.1.